The Balaban J connectivity index is 3.45. The predicted molar refractivity (Wildman–Crippen MR) is 296 cm³/mol. The summed E-state index contributed by atoms with van der Waals surface area (Å²) in [7, 11) is 0. The molecule has 398 valence electrons. The Morgan fingerprint density at radius 1 is 0.412 bits per heavy atom. The Morgan fingerprint density at radius 2 is 0.735 bits per heavy atom. The van der Waals surface area contributed by atoms with Crippen LogP contribution in [0, 0.1) is 0 Å². The SMILES string of the molecule is CCCCCC/C=C\C/C=C\CCCCCCCC(=O)OCCCCCCCCCCC/C=C\C/C=C\CCCCCCCCCC(=O)NC(CO)C(O)CCCCCCCCCCCCCC. The first-order valence-electron chi connectivity index (χ1n) is 29.9. The molecule has 6 heteroatoms. The van der Waals surface area contributed by atoms with Crippen molar-refractivity contribution in [3.8, 4) is 0 Å². The summed E-state index contributed by atoms with van der Waals surface area (Å²) in [5.74, 6) is -0.0533. The van der Waals surface area contributed by atoms with Gasteiger partial charge in [0.1, 0.15) is 0 Å². The molecule has 68 heavy (non-hydrogen) atoms. The van der Waals surface area contributed by atoms with Gasteiger partial charge in [0.2, 0.25) is 5.91 Å². The molecule has 3 N–H and O–H groups in total. The quantitative estimate of drug-likeness (QED) is 0.0321. The van der Waals surface area contributed by atoms with Crippen LogP contribution in [-0.4, -0.2) is 47.4 Å². The van der Waals surface area contributed by atoms with Crippen LogP contribution in [0.2, 0.25) is 0 Å². The number of unbranched alkanes of at least 4 members (excludes halogenated alkanes) is 36. The van der Waals surface area contributed by atoms with Gasteiger partial charge in [-0.1, -0.05) is 255 Å². The lowest BCUT2D eigenvalue weighted by Gasteiger charge is -2.22. The highest BCUT2D eigenvalue weighted by Gasteiger charge is 2.20. The number of allylic oxidation sites excluding steroid dienone is 8. The van der Waals surface area contributed by atoms with Crippen molar-refractivity contribution in [2.45, 2.75) is 321 Å². The van der Waals surface area contributed by atoms with Crippen LogP contribution in [0.15, 0.2) is 48.6 Å². The number of amides is 1. The third-order valence-electron chi connectivity index (χ3n) is 13.6. The molecule has 0 rings (SSSR count). The van der Waals surface area contributed by atoms with Gasteiger partial charge in [-0.3, -0.25) is 9.59 Å². The van der Waals surface area contributed by atoms with E-state index >= 15 is 0 Å². The van der Waals surface area contributed by atoms with Crippen molar-refractivity contribution in [1.29, 1.82) is 0 Å². The van der Waals surface area contributed by atoms with Gasteiger partial charge in [0, 0.05) is 12.8 Å². The van der Waals surface area contributed by atoms with Gasteiger partial charge < -0.3 is 20.3 Å². The minimum Gasteiger partial charge on any atom is -0.466 e. The van der Waals surface area contributed by atoms with Gasteiger partial charge >= 0.3 is 5.97 Å². The number of aliphatic hydroxyl groups is 2. The fourth-order valence-corrected chi connectivity index (χ4v) is 8.99. The number of hydrogen-bond acceptors (Lipinski definition) is 5. The van der Waals surface area contributed by atoms with Gasteiger partial charge in [-0.2, -0.15) is 0 Å². The Labute approximate surface area is 423 Å². The molecule has 0 heterocycles. The molecule has 6 nitrogen and oxygen atoms in total. The number of rotatable bonds is 55. The molecule has 0 fully saturated rings. The predicted octanol–water partition coefficient (Wildman–Crippen LogP) is 18.6. The second-order valence-corrected chi connectivity index (χ2v) is 20.3. The van der Waals surface area contributed by atoms with E-state index in [0.717, 1.165) is 70.6 Å². The minimum absolute atomic E-state index is 0.00685. The van der Waals surface area contributed by atoms with E-state index in [0.29, 0.717) is 25.9 Å². The molecule has 2 atom stereocenters. The van der Waals surface area contributed by atoms with Gasteiger partial charge in [0.15, 0.2) is 0 Å². The average molecular weight is 955 g/mol. The minimum atomic E-state index is -0.671. The van der Waals surface area contributed by atoms with E-state index in [1.807, 2.05) is 0 Å². The molecule has 0 bridgehead atoms. The molecular formula is C62H115NO5. The summed E-state index contributed by atoms with van der Waals surface area (Å²) in [5, 5.41) is 23.2. The molecule has 1 amide bonds. The summed E-state index contributed by atoms with van der Waals surface area (Å²) in [4.78, 5) is 24.5. The molecule has 0 aliphatic heterocycles. The third-order valence-corrected chi connectivity index (χ3v) is 13.6. The maximum atomic E-state index is 12.4. The number of carbonyl (C=O) groups is 2. The first-order chi connectivity index (χ1) is 33.5. The zero-order valence-electron chi connectivity index (χ0n) is 45.3. The van der Waals surface area contributed by atoms with E-state index in [9.17, 15) is 19.8 Å². The zero-order valence-corrected chi connectivity index (χ0v) is 45.3. The maximum Gasteiger partial charge on any atom is 0.305 e. The molecule has 0 aromatic carbocycles. The molecule has 0 spiro atoms. The largest absolute Gasteiger partial charge is 0.466 e. The summed E-state index contributed by atoms with van der Waals surface area (Å²) in [6.07, 6.45) is 72.5. The van der Waals surface area contributed by atoms with Crippen molar-refractivity contribution in [3.63, 3.8) is 0 Å². The van der Waals surface area contributed by atoms with Gasteiger partial charge in [0.05, 0.1) is 25.4 Å². The van der Waals surface area contributed by atoms with Crippen LogP contribution in [-0.2, 0) is 14.3 Å². The first-order valence-corrected chi connectivity index (χ1v) is 29.9. The van der Waals surface area contributed by atoms with Crippen LogP contribution in [0.1, 0.15) is 309 Å². The normalized spacial score (nSPS) is 12.9. The zero-order chi connectivity index (χ0) is 49.3. The van der Waals surface area contributed by atoms with E-state index in [4.69, 9.17) is 4.74 Å². The molecule has 2 unspecified atom stereocenters. The van der Waals surface area contributed by atoms with Gasteiger partial charge in [0.25, 0.3) is 0 Å². The highest BCUT2D eigenvalue weighted by atomic mass is 16.5. The van der Waals surface area contributed by atoms with Gasteiger partial charge in [-0.15, -0.1) is 0 Å². The van der Waals surface area contributed by atoms with Gasteiger partial charge in [-0.25, -0.2) is 0 Å². The summed E-state index contributed by atoms with van der Waals surface area (Å²) < 4.78 is 5.47. The van der Waals surface area contributed by atoms with Crippen LogP contribution in [0.5, 0.6) is 0 Å². The van der Waals surface area contributed by atoms with Crippen molar-refractivity contribution < 1.29 is 24.5 Å². The lowest BCUT2D eigenvalue weighted by molar-refractivity contribution is -0.143. The Kier molecular flexibility index (Phi) is 55.6. The number of hydrogen-bond donors (Lipinski definition) is 3. The molecule has 0 aliphatic rings. The second kappa shape index (κ2) is 57.4. The Hall–Kier alpha value is -2.18. The van der Waals surface area contributed by atoms with Crippen molar-refractivity contribution in [2.75, 3.05) is 13.2 Å². The number of nitrogens with one attached hydrogen (secondary N) is 1. The van der Waals surface area contributed by atoms with Crippen molar-refractivity contribution in [3.05, 3.63) is 48.6 Å². The Bertz CT molecular complexity index is 1150. The second-order valence-electron chi connectivity index (χ2n) is 20.3. The summed E-state index contributed by atoms with van der Waals surface area (Å²) >= 11 is 0. The van der Waals surface area contributed by atoms with Crippen LogP contribution in [0.3, 0.4) is 0 Å². The lowest BCUT2D eigenvalue weighted by Crippen LogP contribution is -2.45. The number of carbonyl (C=O) groups excluding carboxylic acids is 2. The summed E-state index contributed by atoms with van der Waals surface area (Å²) in [6.45, 7) is 4.92. The molecule has 0 saturated heterocycles. The van der Waals surface area contributed by atoms with E-state index in [1.165, 1.54) is 205 Å². The molecule has 0 aliphatic carbocycles. The fourth-order valence-electron chi connectivity index (χ4n) is 8.99. The average Bonchev–Trinajstić information content (AvgIpc) is 3.34. The molecular weight excluding hydrogens is 839 g/mol. The third kappa shape index (κ3) is 53.2. The molecule has 0 saturated carbocycles. The molecule has 0 aromatic rings. The monoisotopic (exact) mass is 954 g/mol. The number of esters is 1. The Morgan fingerprint density at radius 3 is 1.13 bits per heavy atom. The highest BCUT2D eigenvalue weighted by Crippen LogP contribution is 2.16. The van der Waals surface area contributed by atoms with Crippen molar-refractivity contribution >= 4 is 11.9 Å². The van der Waals surface area contributed by atoms with Crippen LogP contribution < -0.4 is 5.32 Å². The van der Waals surface area contributed by atoms with Crippen LogP contribution in [0.25, 0.3) is 0 Å². The van der Waals surface area contributed by atoms with Crippen LogP contribution >= 0.6 is 0 Å². The topological polar surface area (TPSA) is 95.9 Å². The van der Waals surface area contributed by atoms with Crippen molar-refractivity contribution in [1.82, 2.24) is 5.32 Å². The van der Waals surface area contributed by atoms with E-state index < -0.39 is 12.1 Å². The highest BCUT2D eigenvalue weighted by molar-refractivity contribution is 5.76. The number of aliphatic hydroxyl groups excluding tert-OH is 2. The smallest absolute Gasteiger partial charge is 0.305 e. The van der Waals surface area contributed by atoms with E-state index in [-0.39, 0.29) is 18.5 Å². The molecule has 0 radical (unpaired) electrons. The standard InChI is InChI=1S/C62H115NO5/c1-3-5-7-9-11-13-15-17-18-29-32-36-40-44-48-52-56-62(67)68-57-53-49-45-41-37-33-30-27-25-23-21-19-20-22-24-26-28-31-35-39-43-47-51-55-61(66)63-59(58-64)60(65)54-50-46-42-38-34-16-14-12-10-8-6-4-2/h13,15,18-19,21-22,24,29,59-60,64-65H,3-12,14,16-17,20,23,25-28,30-58H2,1-2H3,(H,63,66)/b15-13-,21-19-,24-22-,29-18-. The van der Waals surface area contributed by atoms with Crippen molar-refractivity contribution in [2.24, 2.45) is 0 Å². The van der Waals surface area contributed by atoms with Gasteiger partial charge in [-0.05, 0) is 89.9 Å². The lowest BCUT2D eigenvalue weighted by atomic mass is 10.0. The fraction of sp³-hybridized carbons (Fsp3) is 0.839. The summed E-state index contributed by atoms with van der Waals surface area (Å²) in [5.41, 5.74) is 0. The van der Waals surface area contributed by atoms with E-state index in [2.05, 4.69) is 67.8 Å². The van der Waals surface area contributed by atoms with Crippen LogP contribution in [0.4, 0.5) is 0 Å². The first kappa shape index (κ1) is 65.8. The maximum absolute atomic E-state index is 12.4. The van der Waals surface area contributed by atoms with E-state index in [1.54, 1.807) is 0 Å². The molecule has 0 aromatic heterocycles. The number of ether oxygens (including phenoxy) is 1. The summed E-state index contributed by atoms with van der Waals surface area (Å²) in [6, 6.07) is -0.549.